The molecule has 0 fully saturated rings. The van der Waals surface area contributed by atoms with Crippen LogP contribution in [0.4, 0.5) is 0 Å². The van der Waals surface area contributed by atoms with Crippen LogP contribution in [0.2, 0.25) is 0 Å². The predicted molar refractivity (Wildman–Crippen MR) is 53.2 cm³/mol. The maximum absolute atomic E-state index is 5.44. The molecule has 0 unspecified atom stereocenters. The van der Waals surface area contributed by atoms with Crippen LogP contribution in [0.15, 0.2) is 12.3 Å². The Bertz CT molecular complexity index is 244. The summed E-state index contributed by atoms with van der Waals surface area (Å²) in [4.78, 5) is 2.25. The molecule has 74 valence electrons. The Balaban J connectivity index is 2.36. The van der Waals surface area contributed by atoms with Crippen molar-refractivity contribution >= 4 is 0 Å². The van der Waals surface area contributed by atoms with Crippen LogP contribution in [0, 0.1) is 0 Å². The van der Waals surface area contributed by atoms with Gasteiger partial charge in [0.05, 0.1) is 5.69 Å². The normalized spacial score (nSPS) is 11.1. The third kappa shape index (κ3) is 3.16. The molecule has 0 amide bonds. The lowest BCUT2D eigenvalue weighted by molar-refractivity contribution is 0.315. The predicted octanol–water partition coefficient (Wildman–Crippen LogP) is 0.201. The molecule has 1 aromatic heterocycles. The Hall–Kier alpha value is -0.870. The molecule has 0 saturated carbocycles. The summed E-state index contributed by atoms with van der Waals surface area (Å²) in [6, 6.07) is 2.04. The minimum absolute atomic E-state index is 0.760. The zero-order chi connectivity index (χ0) is 9.68. The van der Waals surface area contributed by atoms with Gasteiger partial charge in [0.25, 0.3) is 0 Å². The van der Waals surface area contributed by atoms with E-state index in [2.05, 4.69) is 17.0 Å². The van der Waals surface area contributed by atoms with Gasteiger partial charge in [0.1, 0.15) is 0 Å². The number of aromatic nitrogens is 2. The lowest BCUT2D eigenvalue weighted by Crippen LogP contribution is -2.22. The van der Waals surface area contributed by atoms with Gasteiger partial charge in [-0.25, -0.2) is 0 Å². The molecule has 4 nitrogen and oxygen atoms in total. The van der Waals surface area contributed by atoms with Gasteiger partial charge in [0.2, 0.25) is 0 Å². The summed E-state index contributed by atoms with van der Waals surface area (Å²) >= 11 is 0. The van der Waals surface area contributed by atoms with Crippen molar-refractivity contribution in [3.8, 4) is 0 Å². The van der Waals surface area contributed by atoms with Crippen molar-refractivity contribution in [1.82, 2.24) is 14.7 Å². The third-order valence-corrected chi connectivity index (χ3v) is 2.10. The van der Waals surface area contributed by atoms with Gasteiger partial charge in [-0.1, -0.05) is 0 Å². The number of aryl methyl sites for hydroxylation is 1. The largest absolute Gasteiger partial charge is 0.330 e. The van der Waals surface area contributed by atoms with Crippen molar-refractivity contribution in [2.45, 2.75) is 13.0 Å². The number of nitrogens with zero attached hydrogens (tertiary/aromatic N) is 3. The molecule has 0 aromatic carbocycles. The first kappa shape index (κ1) is 10.2. The number of nitrogens with two attached hydrogens (primary N) is 1. The van der Waals surface area contributed by atoms with Crippen LogP contribution in [0.1, 0.15) is 12.1 Å². The van der Waals surface area contributed by atoms with Crippen LogP contribution in [-0.2, 0) is 13.6 Å². The summed E-state index contributed by atoms with van der Waals surface area (Å²) in [6.07, 6.45) is 2.88. The molecule has 1 heterocycles. The summed E-state index contributed by atoms with van der Waals surface area (Å²) in [5.74, 6) is 0. The quantitative estimate of drug-likeness (QED) is 0.707. The van der Waals surface area contributed by atoms with Gasteiger partial charge < -0.3 is 10.6 Å². The highest BCUT2D eigenvalue weighted by atomic mass is 15.3. The molecule has 0 atom stereocenters. The highest BCUT2D eigenvalue weighted by Gasteiger charge is 2.02. The lowest BCUT2D eigenvalue weighted by Gasteiger charge is -2.15. The van der Waals surface area contributed by atoms with Crippen LogP contribution in [0.5, 0.6) is 0 Å². The van der Waals surface area contributed by atoms with Crippen LogP contribution >= 0.6 is 0 Å². The van der Waals surface area contributed by atoms with Gasteiger partial charge in [-0.15, -0.1) is 0 Å². The van der Waals surface area contributed by atoms with Crippen molar-refractivity contribution in [2.75, 3.05) is 20.1 Å². The van der Waals surface area contributed by atoms with E-state index in [9.17, 15) is 0 Å². The van der Waals surface area contributed by atoms with Crippen LogP contribution < -0.4 is 5.73 Å². The zero-order valence-corrected chi connectivity index (χ0v) is 8.40. The second-order valence-corrected chi connectivity index (χ2v) is 3.33. The molecule has 0 aliphatic carbocycles. The Labute approximate surface area is 79.3 Å². The van der Waals surface area contributed by atoms with E-state index in [0.717, 1.165) is 26.1 Å². The summed E-state index contributed by atoms with van der Waals surface area (Å²) in [5.41, 5.74) is 6.67. The molecular formula is C9H18N4. The molecule has 1 aromatic rings. The van der Waals surface area contributed by atoms with Gasteiger partial charge in [-0.05, 0) is 32.6 Å². The zero-order valence-electron chi connectivity index (χ0n) is 8.40. The van der Waals surface area contributed by atoms with Gasteiger partial charge in [-0.2, -0.15) is 5.10 Å². The molecule has 0 aliphatic heterocycles. The molecule has 1 rings (SSSR count). The topological polar surface area (TPSA) is 47.1 Å². The highest BCUT2D eigenvalue weighted by Crippen LogP contribution is 2.00. The summed E-state index contributed by atoms with van der Waals surface area (Å²) < 4.78 is 1.90. The molecule has 4 heteroatoms. The summed E-state index contributed by atoms with van der Waals surface area (Å²) in [7, 11) is 4.06. The van der Waals surface area contributed by atoms with Gasteiger partial charge in [0.15, 0.2) is 0 Å². The Kier molecular flexibility index (Phi) is 3.92. The van der Waals surface area contributed by atoms with E-state index in [4.69, 9.17) is 5.73 Å². The Morgan fingerprint density at radius 1 is 1.62 bits per heavy atom. The Morgan fingerprint density at radius 2 is 2.38 bits per heavy atom. The van der Waals surface area contributed by atoms with E-state index in [1.165, 1.54) is 5.69 Å². The number of hydrogen-bond acceptors (Lipinski definition) is 3. The highest BCUT2D eigenvalue weighted by molar-refractivity contribution is 4.99. The molecule has 0 spiro atoms. The SMILES string of the molecule is CN(CCCN)Cc1ccnn1C. The third-order valence-electron chi connectivity index (χ3n) is 2.10. The monoisotopic (exact) mass is 182 g/mol. The van der Waals surface area contributed by atoms with Crippen LogP contribution in [0.25, 0.3) is 0 Å². The van der Waals surface area contributed by atoms with E-state index in [1.54, 1.807) is 0 Å². The smallest absolute Gasteiger partial charge is 0.0520 e. The first-order valence-corrected chi connectivity index (χ1v) is 4.59. The van der Waals surface area contributed by atoms with Crippen molar-refractivity contribution in [1.29, 1.82) is 0 Å². The summed E-state index contributed by atoms with van der Waals surface area (Å²) in [6.45, 7) is 2.74. The van der Waals surface area contributed by atoms with Crippen molar-refractivity contribution < 1.29 is 0 Å². The van der Waals surface area contributed by atoms with E-state index >= 15 is 0 Å². The van der Waals surface area contributed by atoms with E-state index in [-0.39, 0.29) is 0 Å². The standard InChI is InChI=1S/C9H18N4/c1-12(7-3-5-10)8-9-4-6-11-13(9)2/h4,6H,3,5,7-8,10H2,1-2H3. The fourth-order valence-electron chi connectivity index (χ4n) is 1.27. The van der Waals surface area contributed by atoms with Gasteiger partial charge >= 0.3 is 0 Å². The minimum atomic E-state index is 0.760. The second-order valence-electron chi connectivity index (χ2n) is 3.33. The fraction of sp³-hybridized carbons (Fsp3) is 0.667. The molecule has 0 saturated heterocycles. The lowest BCUT2D eigenvalue weighted by atomic mass is 10.3. The van der Waals surface area contributed by atoms with Crippen molar-refractivity contribution in [2.24, 2.45) is 12.8 Å². The van der Waals surface area contributed by atoms with Crippen LogP contribution in [-0.4, -0.2) is 34.8 Å². The molecule has 0 bridgehead atoms. The number of hydrogen-bond donors (Lipinski definition) is 1. The average molecular weight is 182 g/mol. The van der Waals surface area contributed by atoms with E-state index < -0.39 is 0 Å². The molecular weight excluding hydrogens is 164 g/mol. The van der Waals surface area contributed by atoms with Crippen molar-refractivity contribution in [3.05, 3.63) is 18.0 Å². The first-order chi connectivity index (χ1) is 6.24. The van der Waals surface area contributed by atoms with E-state index in [0.29, 0.717) is 0 Å². The Morgan fingerprint density at radius 3 is 2.92 bits per heavy atom. The second kappa shape index (κ2) is 4.99. The van der Waals surface area contributed by atoms with E-state index in [1.807, 2.05) is 24.0 Å². The molecule has 0 radical (unpaired) electrons. The molecule has 2 N–H and O–H groups in total. The number of rotatable bonds is 5. The van der Waals surface area contributed by atoms with Gasteiger partial charge in [0, 0.05) is 19.8 Å². The van der Waals surface area contributed by atoms with Gasteiger partial charge in [-0.3, -0.25) is 4.68 Å². The maximum atomic E-state index is 5.44. The molecule has 13 heavy (non-hydrogen) atoms. The minimum Gasteiger partial charge on any atom is -0.330 e. The van der Waals surface area contributed by atoms with Crippen molar-refractivity contribution in [3.63, 3.8) is 0 Å². The van der Waals surface area contributed by atoms with Crippen LogP contribution in [0.3, 0.4) is 0 Å². The first-order valence-electron chi connectivity index (χ1n) is 4.59. The summed E-state index contributed by atoms with van der Waals surface area (Å²) in [5, 5.41) is 4.12. The maximum Gasteiger partial charge on any atom is 0.0520 e. The molecule has 0 aliphatic rings. The average Bonchev–Trinajstić information content (AvgIpc) is 2.48. The fourth-order valence-corrected chi connectivity index (χ4v) is 1.27.